The van der Waals surface area contributed by atoms with E-state index in [1.807, 2.05) is 30.3 Å². The SMILES string of the molecule is Brc1cc(C=Nc2cccc3ccccc23)oc1N1CCOCC1. The Balaban J connectivity index is 1.61. The van der Waals surface area contributed by atoms with Crippen molar-refractivity contribution in [1.82, 2.24) is 0 Å². The number of aliphatic imine (C=N–C) groups is 1. The van der Waals surface area contributed by atoms with Crippen molar-refractivity contribution in [3.8, 4) is 0 Å². The standard InChI is InChI=1S/C19H17BrN2O2/c20-17-12-15(24-19(17)22-8-10-23-11-9-22)13-21-18-7-3-5-14-4-1-2-6-16(14)18/h1-7,12-13H,8-11H2. The highest BCUT2D eigenvalue weighted by atomic mass is 79.9. The third-order valence-corrected chi connectivity index (χ3v) is 4.65. The fourth-order valence-electron chi connectivity index (χ4n) is 2.88. The van der Waals surface area contributed by atoms with Crippen LogP contribution in [-0.4, -0.2) is 32.5 Å². The maximum atomic E-state index is 5.96. The van der Waals surface area contributed by atoms with Gasteiger partial charge in [0.1, 0.15) is 5.76 Å². The van der Waals surface area contributed by atoms with Crippen LogP contribution in [0.1, 0.15) is 5.76 Å². The van der Waals surface area contributed by atoms with Gasteiger partial charge in [0.15, 0.2) is 0 Å². The van der Waals surface area contributed by atoms with Crippen molar-refractivity contribution in [2.75, 3.05) is 31.2 Å². The third kappa shape index (κ3) is 3.09. The molecule has 0 amide bonds. The molecule has 0 bridgehead atoms. The molecule has 0 aliphatic carbocycles. The lowest BCUT2D eigenvalue weighted by atomic mass is 10.1. The maximum absolute atomic E-state index is 5.96. The first-order chi connectivity index (χ1) is 11.8. The average Bonchev–Trinajstić information content (AvgIpc) is 3.01. The van der Waals surface area contributed by atoms with E-state index in [1.54, 1.807) is 6.21 Å². The topological polar surface area (TPSA) is 38.0 Å². The minimum absolute atomic E-state index is 0.729. The number of rotatable bonds is 3. The first kappa shape index (κ1) is 15.4. The Hall–Kier alpha value is -2.11. The van der Waals surface area contributed by atoms with Crippen molar-refractivity contribution in [3.05, 3.63) is 58.8 Å². The molecule has 1 saturated heterocycles. The van der Waals surface area contributed by atoms with E-state index in [0.29, 0.717) is 0 Å². The van der Waals surface area contributed by atoms with E-state index in [1.165, 1.54) is 5.39 Å². The fraction of sp³-hybridized carbons (Fsp3) is 0.211. The summed E-state index contributed by atoms with van der Waals surface area (Å²) in [6, 6.07) is 16.3. The molecule has 1 fully saturated rings. The monoisotopic (exact) mass is 384 g/mol. The summed E-state index contributed by atoms with van der Waals surface area (Å²) in [6.07, 6.45) is 1.77. The summed E-state index contributed by atoms with van der Waals surface area (Å²) in [7, 11) is 0. The fourth-order valence-corrected chi connectivity index (χ4v) is 3.43. The molecular formula is C19H17BrN2O2. The number of halogens is 1. The van der Waals surface area contributed by atoms with Crippen LogP contribution in [-0.2, 0) is 4.74 Å². The number of nitrogens with zero attached hydrogens (tertiary/aromatic N) is 2. The predicted molar refractivity (Wildman–Crippen MR) is 101 cm³/mol. The van der Waals surface area contributed by atoms with Crippen molar-refractivity contribution < 1.29 is 9.15 Å². The summed E-state index contributed by atoms with van der Waals surface area (Å²) >= 11 is 3.58. The second-order valence-corrected chi connectivity index (χ2v) is 6.51. The highest BCUT2D eigenvalue weighted by Gasteiger charge is 2.18. The number of fused-ring (bicyclic) bond motifs is 1. The molecule has 0 unspecified atom stereocenters. The molecule has 0 spiro atoms. The zero-order valence-electron chi connectivity index (χ0n) is 13.1. The highest BCUT2D eigenvalue weighted by Crippen LogP contribution is 2.31. The lowest BCUT2D eigenvalue weighted by Gasteiger charge is -2.26. The minimum atomic E-state index is 0.729. The molecule has 0 atom stereocenters. The van der Waals surface area contributed by atoms with Gasteiger partial charge in [0.05, 0.1) is 29.6 Å². The third-order valence-electron chi connectivity index (χ3n) is 4.08. The van der Waals surface area contributed by atoms with Crippen LogP contribution < -0.4 is 4.90 Å². The quantitative estimate of drug-likeness (QED) is 0.609. The van der Waals surface area contributed by atoms with Crippen LogP contribution in [0.5, 0.6) is 0 Å². The van der Waals surface area contributed by atoms with Crippen LogP contribution in [0, 0.1) is 0 Å². The molecular weight excluding hydrogens is 368 g/mol. The first-order valence-corrected chi connectivity index (χ1v) is 8.74. The van der Waals surface area contributed by atoms with Gasteiger partial charge >= 0.3 is 0 Å². The molecule has 0 radical (unpaired) electrons. The predicted octanol–water partition coefficient (Wildman–Crippen LogP) is 4.78. The highest BCUT2D eigenvalue weighted by molar-refractivity contribution is 9.10. The zero-order valence-corrected chi connectivity index (χ0v) is 14.7. The van der Waals surface area contributed by atoms with Crippen molar-refractivity contribution in [2.45, 2.75) is 0 Å². The number of anilines is 1. The number of benzene rings is 2. The van der Waals surface area contributed by atoms with E-state index >= 15 is 0 Å². The number of furan rings is 1. The normalized spacial score (nSPS) is 15.5. The van der Waals surface area contributed by atoms with Crippen LogP contribution in [0.25, 0.3) is 10.8 Å². The van der Waals surface area contributed by atoms with Crippen molar-refractivity contribution in [2.24, 2.45) is 4.99 Å². The molecule has 0 saturated carbocycles. The summed E-state index contributed by atoms with van der Waals surface area (Å²) in [4.78, 5) is 6.80. The number of morpholine rings is 1. The van der Waals surface area contributed by atoms with Gasteiger partial charge in [0, 0.05) is 24.5 Å². The first-order valence-electron chi connectivity index (χ1n) is 7.95. The molecule has 1 aliphatic heterocycles. The van der Waals surface area contributed by atoms with Crippen molar-refractivity contribution in [3.63, 3.8) is 0 Å². The van der Waals surface area contributed by atoms with Gasteiger partial charge in [-0.1, -0.05) is 36.4 Å². The summed E-state index contributed by atoms with van der Waals surface area (Å²) in [5.74, 6) is 1.58. The molecule has 122 valence electrons. The largest absolute Gasteiger partial charge is 0.438 e. The molecule has 0 N–H and O–H groups in total. The van der Waals surface area contributed by atoms with E-state index in [2.05, 4.69) is 44.0 Å². The Morgan fingerprint density at radius 3 is 2.71 bits per heavy atom. The van der Waals surface area contributed by atoms with E-state index < -0.39 is 0 Å². The lowest BCUT2D eigenvalue weighted by molar-refractivity contribution is 0.120. The van der Waals surface area contributed by atoms with Gasteiger partial charge in [-0.05, 0) is 27.4 Å². The summed E-state index contributed by atoms with van der Waals surface area (Å²) in [5, 5.41) is 2.32. The van der Waals surface area contributed by atoms with E-state index in [9.17, 15) is 0 Å². The average molecular weight is 385 g/mol. The summed E-state index contributed by atoms with van der Waals surface area (Å²) < 4.78 is 12.3. The van der Waals surface area contributed by atoms with E-state index in [4.69, 9.17) is 9.15 Å². The molecule has 5 heteroatoms. The molecule has 3 aromatic rings. The Labute approximate surface area is 148 Å². The van der Waals surface area contributed by atoms with Crippen LogP contribution in [0.2, 0.25) is 0 Å². The van der Waals surface area contributed by atoms with Crippen LogP contribution in [0.3, 0.4) is 0 Å². The van der Waals surface area contributed by atoms with Gasteiger partial charge < -0.3 is 14.1 Å². The van der Waals surface area contributed by atoms with Gasteiger partial charge in [-0.2, -0.15) is 0 Å². The molecule has 1 aliphatic rings. The molecule has 24 heavy (non-hydrogen) atoms. The zero-order chi connectivity index (χ0) is 16.4. The summed E-state index contributed by atoms with van der Waals surface area (Å²) in [6.45, 7) is 3.14. The minimum Gasteiger partial charge on any atom is -0.438 e. The number of hydrogen-bond donors (Lipinski definition) is 0. The Morgan fingerprint density at radius 2 is 1.83 bits per heavy atom. The molecule has 1 aromatic heterocycles. The van der Waals surface area contributed by atoms with Crippen molar-refractivity contribution in [1.29, 1.82) is 0 Å². The van der Waals surface area contributed by atoms with Gasteiger partial charge in [-0.25, -0.2) is 0 Å². The molecule has 2 heterocycles. The number of ether oxygens (including phenoxy) is 1. The second-order valence-electron chi connectivity index (χ2n) is 5.66. The van der Waals surface area contributed by atoms with Gasteiger partial charge in [0.25, 0.3) is 0 Å². The van der Waals surface area contributed by atoms with Gasteiger partial charge in [0.2, 0.25) is 5.88 Å². The Kier molecular flexibility index (Phi) is 4.36. The van der Waals surface area contributed by atoms with Crippen LogP contribution in [0.4, 0.5) is 11.6 Å². The van der Waals surface area contributed by atoms with E-state index in [-0.39, 0.29) is 0 Å². The smallest absolute Gasteiger partial charge is 0.210 e. The van der Waals surface area contributed by atoms with Crippen LogP contribution >= 0.6 is 15.9 Å². The lowest BCUT2D eigenvalue weighted by Crippen LogP contribution is -2.36. The molecule has 4 rings (SSSR count). The summed E-state index contributed by atoms with van der Waals surface area (Å²) in [5.41, 5.74) is 0.938. The Morgan fingerprint density at radius 1 is 1.04 bits per heavy atom. The Bertz CT molecular complexity index is 877. The number of hydrogen-bond acceptors (Lipinski definition) is 4. The maximum Gasteiger partial charge on any atom is 0.210 e. The second kappa shape index (κ2) is 6.79. The van der Waals surface area contributed by atoms with Crippen LogP contribution in [0.15, 0.2) is 62.4 Å². The van der Waals surface area contributed by atoms with E-state index in [0.717, 1.165) is 53.5 Å². The van der Waals surface area contributed by atoms with Crippen molar-refractivity contribution >= 4 is 44.5 Å². The molecule has 2 aromatic carbocycles. The van der Waals surface area contributed by atoms with Gasteiger partial charge in [-0.15, -0.1) is 0 Å². The van der Waals surface area contributed by atoms with Gasteiger partial charge in [-0.3, -0.25) is 4.99 Å². The molecule has 4 nitrogen and oxygen atoms in total.